The van der Waals surface area contributed by atoms with Crippen LogP contribution in [0.1, 0.15) is 24.8 Å². The maximum atomic E-state index is 13.6. The van der Waals surface area contributed by atoms with Crippen LogP contribution in [-0.4, -0.2) is 55.3 Å². The quantitative estimate of drug-likeness (QED) is 0.451. The molecule has 2 aromatic heterocycles. The van der Waals surface area contributed by atoms with Gasteiger partial charge in [0, 0.05) is 12.6 Å². The van der Waals surface area contributed by atoms with Crippen molar-refractivity contribution in [2.24, 2.45) is 12.5 Å². The molecule has 3 saturated carbocycles. The molecule has 3 fully saturated rings. The van der Waals surface area contributed by atoms with Crippen molar-refractivity contribution in [2.75, 3.05) is 5.73 Å². The summed E-state index contributed by atoms with van der Waals surface area (Å²) in [5.41, 5.74) is 4.85. The number of nitrogen functional groups attached to an aromatic ring is 1. The van der Waals surface area contributed by atoms with Crippen molar-refractivity contribution in [3.8, 4) is 28.8 Å². The van der Waals surface area contributed by atoms with Crippen LogP contribution in [0.15, 0.2) is 35.6 Å². The van der Waals surface area contributed by atoms with E-state index in [9.17, 15) is 31.6 Å². The Kier molecular flexibility index (Phi) is 5.51. The maximum absolute atomic E-state index is 13.6. The summed E-state index contributed by atoms with van der Waals surface area (Å²) in [4.78, 5) is 28.3. The van der Waals surface area contributed by atoms with Gasteiger partial charge in [-0.05, 0) is 48.4 Å². The molecule has 2 N–H and O–H groups in total. The molecule has 0 aliphatic heterocycles. The minimum Gasteiger partial charge on any atom is -0.382 e. The van der Waals surface area contributed by atoms with Crippen LogP contribution in [0.4, 0.5) is 19.0 Å². The van der Waals surface area contributed by atoms with E-state index < -0.39 is 38.0 Å². The second kappa shape index (κ2) is 8.20. The van der Waals surface area contributed by atoms with Crippen molar-refractivity contribution >= 4 is 21.8 Å². The van der Waals surface area contributed by atoms with E-state index in [-0.39, 0.29) is 52.3 Å². The Bertz CT molecular complexity index is 1610. The minimum atomic E-state index is -5.43. The standard InChI is InChI=1S/C22H19F3N8O4S/c1-12-3-4-13(5-14(12)15-6-28-17(27)16(30-15)18-29-11-32(2)31-18)38(35,36)33(37-19(34)22(23,24)25)21-7-20(8-21,9-21)10-26/h3-6,11H,7-9H2,1-2H3,(H2,27,28). The molecule has 0 saturated heterocycles. The van der Waals surface area contributed by atoms with Gasteiger partial charge in [-0.2, -0.15) is 18.4 Å². The van der Waals surface area contributed by atoms with E-state index in [1.54, 1.807) is 14.0 Å². The molecule has 1 aromatic carbocycles. The Hall–Kier alpha value is -4.10. The van der Waals surface area contributed by atoms with Crippen molar-refractivity contribution < 1.29 is 31.2 Å². The van der Waals surface area contributed by atoms with E-state index in [2.05, 4.69) is 24.9 Å². The molecule has 0 amide bonds. The lowest BCUT2D eigenvalue weighted by molar-refractivity contribution is -0.282. The average molecular weight is 549 g/mol. The number of carbonyl (C=O) groups is 1. The van der Waals surface area contributed by atoms with Crippen molar-refractivity contribution in [1.82, 2.24) is 29.2 Å². The number of carbonyl (C=O) groups excluding carboxylic acids is 1. The predicted molar refractivity (Wildman–Crippen MR) is 122 cm³/mol. The van der Waals surface area contributed by atoms with Gasteiger partial charge in [0.1, 0.15) is 6.33 Å². The van der Waals surface area contributed by atoms with Crippen LogP contribution in [0.3, 0.4) is 0 Å². The number of anilines is 1. The smallest absolute Gasteiger partial charge is 0.382 e. The van der Waals surface area contributed by atoms with Gasteiger partial charge in [0.15, 0.2) is 11.5 Å². The van der Waals surface area contributed by atoms with Crippen LogP contribution in [0.5, 0.6) is 0 Å². The number of nitrogens with zero attached hydrogens (tertiary/aromatic N) is 7. The van der Waals surface area contributed by atoms with Gasteiger partial charge in [-0.1, -0.05) is 6.07 Å². The highest BCUT2D eigenvalue weighted by atomic mass is 32.2. The fraction of sp³-hybridized carbons (Fsp3) is 0.364. The zero-order valence-corrected chi connectivity index (χ0v) is 20.7. The van der Waals surface area contributed by atoms with Crippen LogP contribution in [-0.2, 0) is 26.7 Å². The number of rotatable bonds is 6. The highest BCUT2D eigenvalue weighted by Gasteiger charge is 2.75. The predicted octanol–water partition coefficient (Wildman–Crippen LogP) is 2.29. The number of aryl methyl sites for hydroxylation is 2. The first-order chi connectivity index (χ1) is 17.7. The summed E-state index contributed by atoms with van der Waals surface area (Å²) in [7, 11) is -3.16. The SMILES string of the molecule is Cc1ccc(S(=O)(=O)N(OC(=O)C(F)(F)F)C23CC(C#N)(C2)C3)cc1-c1cnc(N)c(-c2ncn(C)n2)n1. The fourth-order valence-corrected chi connectivity index (χ4v) is 6.42. The second-order valence-corrected chi connectivity index (χ2v) is 11.2. The van der Waals surface area contributed by atoms with Gasteiger partial charge >= 0.3 is 12.1 Å². The third-order valence-electron chi connectivity index (χ3n) is 6.64. The second-order valence-electron chi connectivity index (χ2n) is 9.46. The first kappa shape index (κ1) is 25.5. The van der Waals surface area contributed by atoms with Crippen LogP contribution in [0.2, 0.25) is 0 Å². The summed E-state index contributed by atoms with van der Waals surface area (Å²) < 4.78 is 67.9. The molecule has 2 bridgehead atoms. The molecule has 0 atom stereocenters. The lowest BCUT2D eigenvalue weighted by Gasteiger charge is -2.68. The van der Waals surface area contributed by atoms with Gasteiger partial charge in [0.25, 0.3) is 10.0 Å². The number of halogens is 3. The van der Waals surface area contributed by atoms with E-state index in [0.717, 1.165) is 0 Å². The summed E-state index contributed by atoms with van der Waals surface area (Å²) in [6.45, 7) is 1.67. The topological polar surface area (TPSA) is 170 Å². The molecular formula is C22H19F3N8O4S. The van der Waals surface area contributed by atoms with E-state index in [1.807, 2.05) is 6.07 Å². The normalized spacial score (nSPS) is 22.3. The Labute approximate surface area is 213 Å². The number of nitriles is 1. The molecule has 12 nitrogen and oxygen atoms in total. The molecule has 16 heteroatoms. The van der Waals surface area contributed by atoms with Crippen LogP contribution in [0.25, 0.3) is 22.8 Å². The molecule has 3 aliphatic carbocycles. The monoisotopic (exact) mass is 548 g/mol. The van der Waals surface area contributed by atoms with E-state index in [1.165, 1.54) is 35.4 Å². The molecule has 3 aliphatic rings. The van der Waals surface area contributed by atoms with Gasteiger partial charge in [0.2, 0.25) is 5.82 Å². The number of hydroxylamine groups is 1. The number of hydrogen-bond donors (Lipinski definition) is 1. The first-order valence-corrected chi connectivity index (χ1v) is 12.5. The van der Waals surface area contributed by atoms with E-state index in [4.69, 9.17) is 5.73 Å². The largest absolute Gasteiger partial charge is 0.492 e. The highest BCUT2D eigenvalue weighted by Crippen LogP contribution is 2.70. The van der Waals surface area contributed by atoms with E-state index in [0.29, 0.717) is 5.56 Å². The van der Waals surface area contributed by atoms with Gasteiger partial charge < -0.3 is 10.6 Å². The van der Waals surface area contributed by atoms with Gasteiger partial charge in [-0.3, -0.25) is 4.68 Å². The number of nitrogens with two attached hydrogens (primary N) is 1. The molecule has 6 rings (SSSR count). The molecule has 3 aromatic rings. The molecule has 0 spiro atoms. The number of alkyl halides is 3. The molecule has 198 valence electrons. The summed E-state index contributed by atoms with van der Waals surface area (Å²) in [5.74, 6) is -2.47. The van der Waals surface area contributed by atoms with Gasteiger partial charge in [-0.25, -0.2) is 28.2 Å². The Balaban J connectivity index is 1.56. The number of sulfonamides is 1. The lowest BCUT2D eigenvalue weighted by atomic mass is 9.40. The van der Waals surface area contributed by atoms with Crippen molar-refractivity contribution in [1.29, 1.82) is 5.26 Å². The number of benzene rings is 1. The van der Waals surface area contributed by atoms with Crippen molar-refractivity contribution in [3.05, 3.63) is 36.3 Å². The zero-order chi connectivity index (χ0) is 27.7. The summed E-state index contributed by atoms with van der Waals surface area (Å²) >= 11 is 0. The Morgan fingerprint density at radius 1 is 1.26 bits per heavy atom. The molecular weight excluding hydrogens is 529 g/mol. The van der Waals surface area contributed by atoms with Crippen LogP contribution < -0.4 is 5.73 Å². The lowest BCUT2D eigenvalue weighted by Crippen LogP contribution is -2.75. The molecule has 2 heterocycles. The number of aromatic nitrogens is 5. The Morgan fingerprint density at radius 2 is 1.95 bits per heavy atom. The highest BCUT2D eigenvalue weighted by molar-refractivity contribution is 7.89. The average Bonchev–Trinajstić information content (AvgIpc) is 3.22. The first-order valence-electron chi connectivity index (χ1n) is 11.1. The molecule has 38 heavy (non-hydrogen) atoms. The third-order valence-corrected chi connectivity index (χ3v) is 8.39. The maximum Gasteiger partial charge on any atom is 0.492 e. The van der Waals surface area contributed by atoms with Crippen molar-refractivity contribution in [3.63, 3.8) is 0 Å². The minimum absolute atomic E-state index is 0.0293. The zero-order valence-electron chi connectivity index (χ0n) is 19.9. The number of hydrogen-bond acceptors (Lipinski definition) is 10. The summed E-state index contributed by atoms with van der Waals surface area (Å²) in [5, 5.41) is 13.4. The fourth-order valence-electron chi connectivity index (χ4n) is 4.85. The van der Waals surface area contributed by atoms with Crippen LogP contribution in [0, 0.1) is 23.7 Å². The molecule has 0 radical (unpaired) electrons. The van der Waals surface area contributed by atoms with E-state index >= 15 is 0 Å². The summed E-state index contributed by atoms with van der Waals surface area (Å²) in [6, 6.07) is 5.85. The van der Waals surface area contributed by atoms with Gasteiger partial charge in [-0.15, -0.1) is 5.10 Å². The van der Waals surface area contributed by atoms with Crippen LogP contribution >= 0.6 is 0 Å². The summed E-state index contributed by atoms with van der Waals surface area (Å²) in [6.07, 6.45) is -2.85. The van der Waals surface area contributed by atoms with Crippen molar-refractivity contribution in [2.45, 2.75) is 42.8 Å². The molecule has 0 unspecified atom stereocenters. The van der Waals surface area contributed by atoms with Gasteiger partial charge in [0.05, 0.1) is 33.8 Å². The third kappa shape index (κ3) is 3.94. The Morgan fingerprint density at radius 3 is 2.53 bits per heavy atom.